The van der Waals surface area contributed by atoms with Crippen molar-refractivity contribution in [1.82, 2.24) is 10.0 Å². The van der Waals surface area contributed by atoms with E-state index in [2.05, 4.69) is 17.0 Å². The lowest BCUT2D eigenvalue weighted by molar-refractivity contribution is 0.257. The van der Waals surface area contributed by atoms with Crippen LogP contribution in [0.2, 0.25) is 0 Å². The normalized spacial score (nSPS) is 34.4. The molecule has 2 rings (SSSR count). The highest BCUT2D eigenvalue weighted by Crippen LogP contribution is 2.29. The summed E-state index contributed by atoms with van der Waals surface area (Å²) in [4.78, 5) is 0. The van der Waals surface area contributed by atoms with E-state index in [1.54, 1.807) is 0 Å². The van der Waals surface area contributed by atoms with E-state index in [4.69, 9.17) is 0 Å². The smallest absolute Gasteiger partial charge is 0.215 e. The van der Waals surface area contributed by atoms with E-state index in [9.17, 15) is 8.42 Å². The van der Waals surface area contributed by atoms with Crippen LogP contribution in [0.25, 0.3) is 0 Å². The maximum absolute atomic E-state index is 12.2. The molecular formula is C13H26N2O2S. The third kappa shape index (κ3) is 3.68. The van der Waals surface area contributed by atoms with Crippen LogP contribution in [0.1, 0.15) is 45.4 Å². The van der Waals surface area contributed by atoms with E-state index in [0.29, 0.717) is 24.9 Å². The van der Waals surface area contributed by atoms with Crippen molar-refractivity contribution in [3.63, 3.8) is 0 Å². The van der Waals surface area contributed by atoms with Crippen molar-refractivity contribution in [1.29, 1.82) is 0 Å². The van der Waals surface area contributed by atoms with Gasteiger partial charge in [-0.2, -0.15) is 0 Å². The van der Waals surface area contributed by atoms with E-state index < -0.39 is 10.0 Å². The van der Waals surface area contributed by atoms with Crippen molar-refractivity contribution in [2.75, 3.05) is 19.6 Å². The number of hydrogen-bond acceptors (Lipinski definition) is 3. The Hall–Kier alpha value is -0.130. The van der Waals surface area contributed by atoms with E-state index in [1.165, 1.54) is 25.7 Å². The molecule has 3 unspecified atom stereocenters. The molecule has 0 bridgehead atoms. The number of rotatable bonds is 4. The average Bonchev–Trinajstić information content (AvgIpc) is 2.39. The molecule has 0 aromatic carbocycles. The molecule has 2 fully saturated rings. The molecule has 2 N–H and O–H groups in total. The van der Waals surface area contributed by atoms with Gasteiger partial charge < -0.3 is 5.32 Å². The molecule has 2 aliphatic rings. The Kier molecular flexibility index (Phi) is 5.04. The summed E-state index contributed by atoms with van der Waals surface area (Å²) in [6.07, 6.45) is 6.73. The molecule has 1 aliphatic carbocycles. The minimum Gasteiger partial charge on any atom is -0.315 e. The first kappa shape index (κ1) is 14.3. The van der Waals surface area contributed by atoms with Crippen LogP contribution in [-0.2, 0) is 10.0 Å². The van der Waals surface area contributed by atoms with Gasteiger partial charge in [-0.3, -0.25) is 0 Å². The van der Waals surface area contributed by atoms with Gasteiger partial charge in [-0.25, -0.2) is 13.1 Å². The number of sulfonamides is 1. The van der Waals surface area contributed by atoms with Crippen LogP contribution in [-0.4, -0.2) is 33.3 Å². The fourth-order valence-corrected chi connectivity index (χ4v) is 4.62. The van der Waals surface area contributed by atoms with Crippen LogP contribution >= 0.6 is 0 Å². The summed E-state index contributed by atoms with van der Waals surface area (Å²) in [6.45, 7) is 4.45. The van der Waals surface area contributed by atoms with Gasteiger partial charge in [-0.15, -0.1) is 0 Å². The second kappa shape index (κ2) is 6.35. The standard InChI is InChI=1S/C13H26N2O2S/c1-11-5-2-3-6-12(11)9-15-18(16,17)13-7-4-8-14-10-13/h11-15H,2-10H2,1H3. The largest absolute Gasteiger partial charge is 0.315 e. The highest BCUT2D eigenvalue weighted by atomic mass is 32.2. The van der Waals surface area contributed by atoms with E-state index >= 15 is 0 Å². The molecule has 3 atom stereocenters. The molecule has 1 saturated heterocycles. The Morgan fingerprint density at radius 1 is 1.17 bits per heavy atom. The van der Waals surface area contributed by atoms with Crippen LogP contribution in [0.3, 0.4) is 0 Å². The lowest BCUT2D eigenvalue weighted by Crippen LogP contribution is -2.45. The summed E-state index contributed by atoms with van der Waals surface area (Å²) in [7, 11) is -3.12. The van der Waals surface area contributed by atoms with Crippen molar-refractivity contribution >= 4 is 10.0 Å². The molecular weight excluding hydrogens is 248 g/mol. The predicted octanol–water partition coefficient (Wildman–Crippen LogP) is 1.48. The number of piperidine rings is 1. The van der Waals surface area contributed by atoms with Crippen molar-refractivity contribution < 1.29 is 8.42 Å². The van der Waals surface area contributed by atoms with Crippen molar-refractivity contribution in [3.05, 3.63) is 0 Å². The van der Waals surface area contributed by atoms with Crippen molar-refractivity contribution in [2.45, 2.75) is 50.7 Å². The topological polar surface area (TPSA) is 58.2 Å². The lowest BCUT2D eigenvalue weighted by Gasteiger charge is -2.30. The van der Waals surface area contributed by atoms with Gasteiger partial charge in [0.25, 0.3) is 0 Å². The SMILES string of the molecule is CC1CCCCC1CNS(=O)(=O)C1CCCNC1. The summed E-state index contributed by atoms with van der Waals surface area (Å²) < 4.78 is 27.2. The van der Waals surface area contributed by atoms with Gasteiger partial charge in [0, 0.05) is 13.1 Å². The van der Waals surface area contributed by atoms with Crippen LogP contribution in [0.15, 0.2) is 0 Å². The summed E-state index contributed by atoms with van der Waals surface area (Å²) in [5.74, 6) is 1.19. The highest BCUT2D eigenvalue weighted by molar-refractivity contribution is 7.90. The molecule has 106 valence electrons. The fraction of sp³-hybridized carbons (Fsp3) is 1.00. The molecule has 1 saturated carbocycles. The Morgan fingerprint density at radius 3 is 2.61 bits per heavy atom. The zero-order valence-corrected chi connectivity index (χ0v) is 12.1. The van der Waals surface area contributed by atoms with Gasteiger partial charge in [-0.05, 0) is 37.6 Å². The number of hydrogen-bond donors (Lipinski definition) is 2. The molecule has 5 heteroatoms. The second-order valence-corrected chi connectivity index (χ2v) is 7.93. The zero-order valence-electron chi connectivity index (χ0n) is 11.3. The summed E-state index contributed by atoms with van der Waals surface area (Å²) in [6, 6.07) is 0. The third-order valence-electron chi connectivity index (χ3n) is 4.53. The first-order valence-corrected chi connectivity index (χ1v) is 8.83. The minimum atomic E-state index is -3.12. The molecule has 0 aromatic heterocycles. The van der Waals surface area contributed by atoms with Crippen LogP contribution in [0, 0.1) is 11.8 Å². The molecule has 1 aliphatic heterocycles. The first-order chi connectivity index (χ1) is 8.59. The van der Waals surface area contributed by atoms with E-state index in [-0.39, 0.29) is 5.25 Å². The molecule has 0 aromatic rings. The molecule has 18 heavy (non-hydrogen) atoms. The number of nitrogens with one attached hydrogen (secondary N) is 2. The molecule has 0 amide bonds. The minimum absolute atomic E-state index is 0.231. The Labute approximate surface area is 111 Å². The van der Waals surface area contributed by atoms with Gasteiger partial charge >= 0.3 is 0 Å². The summed E-state index contributed by atoms with van der Waals surface area (Å²) in [5.41, 5.74) is 0. The zero-order chi connectivity index (χ0) is 13.0. The van der Waals surface area contributed by atoms with Gasteiger partial charge in [0.05, 0.1) is 5.25 Å². The Morgan fingerprint density at radius 2 is 1.94 bits per heavy atom. The van der Waals surface area contributed by atoms with Crippen LogP contribution in [0.5, 0.6) is 0 Å². The highest BCUT2D eigenvalue weighted by Gasteiger charge is 2.29. The van der Waals surface area contributed by atoms with Crippen LogP contribution < -0.4 is 10.0 Å². The maximum Gasteiger partial charge on any atom is 0.215 e. The third-order valence-corrected chi connectivity index (χ3v) is 6.38. The van der Waals surface area contributed by atoms with E-state index in [0.717, 1.165) is 19.4 Å². The predicted molar refractivity (Wildman–Crippen MR) is 73.9 cm³/mol. The first-order valence-electron chi connectivity index (χ1n) is 7.29. The molecule has 0 radical (unpaired) electrons. The fourth-order valence-electron chi connectivity index (χ4n) is 3.12. The maximum atomic E-state index is 12.2. The monoisotopic (exact) mass is 274 g/mol. The van der Waals surface area contributed by atoms with Gasteiger partial charge in [0.15, 0.2) is 0 Å². The lowest BCUT2D eigenvalue weighted by atomic mass is 9.81. The quantitative estimate of drug-likeness (QED) is 0.816. The van der Waals surface area contributed by atoms with Crippen LogP contribution in [0.4, 0.5) is 0 Å². The Balaban J connectivity index is 1.84. The molecule has 1 heterocycles. The van der Waals surface area contributed by atoms with Gasteiger partial charge in [-0.1, -0.05) is 26.2 Å². The van der Waals surface area contributed by atoms with E-state index in [1.807, 2.05) is 0 Å². The second-order valence-electron chi connectivity index (χ2n) is 5.88. The molecule has 0 spiro atoms. The summed E-state index contributed by atoms with van der Waals surface area (Å²) >= 11 is 0. The average molecular weight is 274 g/mol. The van der Waals surface area contributed by atoms with Gasteiger partial charge in [0.1, 0.15) is 0 Å². The van der Waals surface area contributed by atoms with Crippen molar-refractivity contribution in [3.8, 4) is 0 Å². The Bertz CT molecular complexity index is 350. The van der Waals surface area contributed by atoms with Gasteiger partial charge in [0.2, 0.25) is 10.0 Å². The molecule has 4 nitrogen and oxygen atoms in total. The summed E-state index contributed by atoms with van der Waals surface area (Å²) in [5, 5.41) is 2.94. The van der Waals surface area contributed by atoms with Crippen molar-refractivity contribution in [2.24, 2.45) is 11.8 Å².